The Bertz CT molecular complexity index is 386. The molecule has 0 spiro atoms. The fourth-order valence-electron chi connectivity index (χ4n) is 2.16. The van der Waals surface area contributed by atoms with E-state index in [2.05, 4.69) is 24.5 Å². The van der Waals surface area contributed by atoms with Gasteiger partial charge < -0.3 is 10.4 Å². The summed E-state index contributed by atoms with van der Waals surface area (Å²) >= 11 is 1.71. The van der Waals surface area contributed by atoms with E-state index in [0.717, 1.165) is 6.54 Å². The van der Waals surface area contributed by atoms with E-state index in [0.29, 0.717) is 6.54 Å². The molecule has 2 heterocycles. The average molecular weight is 225 g/mol. The van der Waals surface area contributed by atoms with Gasteiger partial charge in [0.15, 0.2) is 0 Å². The largest absolute Gasteiger partial charge is 0.481 e. The molecule has 0 aromatic carbocycles. The van der Waals surface area contributed by atoms with Gasteiger partial charge in [0.25, 0.3) is 0 Å². The van der Waals surface area contributed by atoms with Gasteiger partial charge in [-0.2, -0.15) is 0 Å². The van der Waals surface area contributed by atoms with Gasteiger partial charge in [0.1, 0.15) is 0 Å². The maximum absolute atomic E-state index is 11.1. The Morgan fingerprint density at radius 1 is 1.53 bits per heavy atom. The molecule has 3 nitrogen and oxygen atoms in total. The van der Waals surface area contributed by atoms with E-state index in [9.17, 15) is 4.79 Å². The Balaban J connectivity index is 2.30. The van der Waals surface area contributed by atoms with Crippen LogP contribution in [0.15, 0.2) is 5.38 Å². The van der Waals surface area contributed by atoms with Crippen LogP contribution >= 0.6 is 11.3 Å². The number of aryl methyl sites for hydroxylation is 1. The molecule has 15 heavy (non-hydrogen) atoms. The van der Waals surface area contributed by atoms with Crippen LogP contribution in [-0.2, 0) is 4.79 Å². The summed E-state index contributed by atoms with van der Waals surface area (Å²) in [6.07, 6.45) is 0. The number of thiophene rings is 1. The molecule has 1 aliphatic heterocycles. The SMILES string of the molecule is Cc1scc(C2CNCC2C(=O)O)c1C. The normalized spacial score (nSPS) is 25.7. The maximum atomic E-state index is 11.1. The summed E-state index contributed by atoms with van der Waals surface area (Å²) in [4.78, 5) is 12.4. The highest BCUT2D eigenvalue weighted by Crippen LogP contribution is 2.34. The number of aliphatic carboxylic acids is 1. The molecule has 2 rings (SSSR count). The highest BCUT2D eigenvalue weighted by molar-refractivity contribution is 7.10. The van der Waals surface area contributed by atoms with Crippen molar-refractivity contribution in [2.45, 2.75) is 19.8 Å². The molecule has 82 valence electrons. The number of rotatable bonds is 2. The average Bonchev–Trinajstić information content (AvgIpc) is 2.75. The molecule has 0 saturated carbocycles. The molecule has 4 heteroatoms. The van der Waals surface area contributed by atoms with Crippen LogP contribution in [-0.4, -0.2) is 24.2 Å². The second-order valence-corrected chi connectivity index (χ2v) is 5.17. The van der Waals surface area contributed by atoms with E-state index in [1.807, 2.05) is 0 Å². The molecule has 2 N–H and O–H groups in total. The number of carbonyl (C=O) groups is 1. The van der Waals surface area contributed by atoms with Crippen molar-refractivity contribution in [3.05, 3.63) is 21.4 Å². The first-order valence-electron chi connectivity index (χ1n) is 5.09. The predicted molar refractivity (Wildman–Crippen MR) is 60.5 cm³/mol. The molecule has 1 aromatic rings. The van der Waals surface area contributed by atoms with Gasteiger partial charge in [-0.05, 0) is 30.4 Å². The van der Waals surface area contributed by atoms with Gasteiger partial charge >= 0.3 is 5.97 Å². The van der Waals surface area contributed by atoms with Gasteiger partial charge in [-0.25, -0.2) is 0 Å². The first-order valence-corrected chi connectivity index (χ1v) is 5.97. The Labute approximate surface area is 93.1 Å². The molecule has 1 fully saturated rings. The summed E-state index contributed by atoms with van der Waals surface area (Å²) in [5, 5.41) is 14.4. The maximum Gasteiger partial charge on any atom is 0.308 e. The smallest absolute Gasteiger partial charge is 0.308 e. The second-order valence-electron chi connectivity index (χ2n) is 4.08. The van der Waals surface area contributed by atoms with Crippen molar-refractivity contribution in [2.24, 2.45) is 5.92 Å². The van der Waals surface area contributed by atoms with E-state index in [1.165, 1.54) is 16.0 Å². The Hall–Kier alpha value is -0.870. The van der Waals surface area contributed by atoms with E-state index < -0.39 is 5.97 Å². The summed E-state index contributed by atoms with van der Waals surface area (Å²) in [6, 6.07) is 0. The van der Waals surface area contributed by atoms with Crippen molar-refractivity contribution >= 4 is 17.3 Å². The van der Waals surface area contributed by atoms with Crippen molar-refractivity contribution in [3.8, 4) is 0 Å². The molecule has 1 aliphatic rings. The van der Waals surface area contributed by atoms with Crippen molar-refractivity contribution in [1.29, 1.82) is 0 Å². The lowest BCUT2D eigenvalue weighted by molar-refractivity contribution is -0.141. The van der Waals surface area contributed by atoms with E-state index in [-0.39, 0.29) is 11.8 Å². The molecular weight excluding hydrogens is 210 g/mol. The first kappa shape index (κ1) is 10.6. The Kier molecular flexibility index (Phi) is 2.80. The zero-order valence-corrected chi connectivity index (χ0v) is 9.73. The minimum atomic E-state index is -0.687. The van der Waals surface area contributed by atoms with Gasteiger partial charge in [0.2, 0.25) is 0 Å². The molecule has 0 bridgehead atoms. The standard InChI is InChI=1S/C11H15NO2S/c1-6-7(2)15-5-10(6)8-3-12-4-9(8)11(13)14/h5,8-9,12H,3-4H2,1-2H3,(H,13,14). The number of hydrogen-bond donors (Lipinski definition) is 2. The van der Waals surface area contributed by atoms with E-state index in [1.54, 1.807) is 11.3 Å². The van der Waals surface area contributed by atoms with Gasteiger partial charge in [0.05, 0.1) is 5.92 Å². The fourth-order valence-corrected chi connectivity index (χ4v) is 3.11. The summed E-state index contributed by atoms with van der Waals surface area (Å²) in [5.41, 5.74) is 2.48. The van der Waals surface area contributed by atoms with Crippen LogP contribution in [0.1, 0.15) is 21.9 Å². The molecule has 1 aromatic heterocycles. The molecule has 2 atom stereocenters. The summed E-state index contributed by atoms with van der Waals surface area (Å²) in [5.74, 6) is -0.807. The molecule has 0 aliphatic carbocycles. The number of hydrogen-bond acceptors (Lipinski definition) is 3. The number of nitrogens with one attached hydrogen (secondary N) is 1. The first-order chi connectivity index (χ1) is 7.11. The van der Waals surface area contributed by atoms with Crippen molar-refractivity contribution in [2.75, 3.05) is 13.1 Å². The van der Waals surface area contributed by atoms with E-state index in [4.69, 9.17) is 5.11 Å². The van der Waals surface area contributed by atoms with E-state index >= 15 is 0 Å². The van der Waals surface area contributed by atoms with Crippen LogP contribution in [0.25, 0.3) is 0 Å². The lowest BCUT2D eigenvalue weighted by Crippen LogP contribution is -2.21. The van der Waals surface area contributed by atoms with Gasteiger partial charge in [-0.15, -0.1) is 11.3 Å². The minimum absolute atomic E-state index is 0.146. The topological polar surface area (TPSA) is 49.3 Å². The molecule has 2 unspecified atom stereocenters. The lowest BCUT2D eigenvalue weighted by Gasteiger charge is -2.14. The summed E-state index contributed by atoms with van der Waals surface area (Å²) < 4.78 is 0. The third-order valence-electron chi connectivity index (χ3n) is 3.25. The number of carboxylic acids is 1. The van der Waals surface area contributed by atoms with Gasteiger partial charge in [-0.3, -0.25) is 4.79 Å². The molecular formula is C11H15NO2S. The fraction of sp³-hybridized carbons (Fsp3) is 0.545. The van der Waals surface area contributed by atoms with Crippen molar-refractivity contribution in [3.63, 3.8) is 0 Å². The number of carboxylic acid groups (broad SMARTS) is 1. The third-order valence-corrected chi connectivity index (χ3v) is 4.29. The minimum Gasteiger partial charge on any atom is -0.481 e. The lowest BCUT2D eigenvalue weighted by atomic mass is 9.88. The highest BCUT2D eigenvalue weighted by atomic mass is 32.1. The monoisotopic (exact) mass is 225 g/mol. The van der Waals surface area contributed by atoms with Crippen molar-refractivity contribution in [1.82, 2.24) is 5.32 Å². The van der Waals surface area contributed by atoms with Crippen LogP contribution in [0.4, 0.5) is 0 Å². The van der Waals surface area contributed by atoms with Crippen LogP contribution < -0.4 is 5.32 Å². The van der Waals surface area contributed by atoms with Gasteiger partial charge in [0, 0.05) is 23.9 Å². The van der Waals surface area contributed by atoms with Crippen LogP contribution in [0.5, 0.6) is 0 Å². The third kappa shape index (κ3) is 1.79. The molecule has 0 amide bonds. The van der Waals surface area contributed by atoms with Gasteiger partial charge in [-0.1, -0.05) is 0 Å². The van der Waals surface area contributed by atoms with Crippen molar-refractivity contribution < 1.29 is 9.90 Å². The quantitative estimate of drug-likeness (QED) is 0.806. The Morgan fingerprint density at radius 2 is 2.27 bits per heavy atom. The van der Waals surface area contributed by atoms with Crippen LogP contribution in [0.3, 0.4) is 0 Å². The summed E-state index contributed by atoms with van der Waals surface area (Å²) in [7, 11) is 0. The highest BCUT2D eigenvalue weighted by Gasteiger charge is 2.35. The van der Waals surface area contributed by atoms with Crippen LogP contribution in [0, 0.1) is 19.8 Å². The molecule has 1 saturated heterocycles. The van der Waals surface area contributed by atoms with Crippen LogP contribution in [0.2, 0.25) is 0 Å². The zero-order chi connectivity index (χ0) is 11.0. The Morgan fingerprint density at radius 3 is 2.80 bits per heavy atom. The predicted octanol–water partition coefficient (Wildman–Crippen LogP) is 1.75. The zero-order valence-electron chi connectivity index (χ0n) is 8.91. The second kappa shape index (κ2) is 3.94. The summed E-state index contributed by atoms with van der Waals surface area (Å²) in [6.45, 7) is 5.54. The molecule has 0 radical (unpaired) electrons.